The highest BCUT2D eigenvalue weighted by molar-refractivity contribution is 6.31. The average molecular weight is 227 g/mol. The minimum absolute atomic E-state index is 0.00224. The molecule has 0 aliphatic heterocycles. The van der Waals surface area contributed by atoms with Gasteiger partial charge in [0.1, 0.15) is 0 Å². The summed E-state index contributed by atoms with van der Waals surface area (Å²) in [7, 11) is 3.42. The molecule has 15 heavy (non-hydrogen) atoms. The van der Waals surface area contributed by atoms with Crippen molar-refractivity contribution in [2.45, 2.75) is 12.5 Å². The lowest BCUT2D eigenvalue weighted by molar-refractivity contribution is -0.129. The molecule has 1 atom stereocenters. The highest BCUT2D eigenvalue weighted by Gasteiger charge is 2.14. The van der Waals surface area contributed by atoms with Crippen LogP contribution in [-0.2, 0) is 4.79 Å². The molecule has 0 aliphatic rings. The van der Waals surface area contributed by atoms with Gasteiger partial charge in [0.15, 0.2) is 0 Å². The minimum Gasteiger partial charge on any atom is -0.349 e. The number of nitrogens with zero attached hydrogens (tertiary/aromatic N) is 1. The van der Waals surface area contributed by atoms with Crippen molar-refractivity contribution in [2.75, 3.05) is 14.1 Å². The van der Waals surface area contributed by atoms with E-state index in [1.54, 1.807) is 20.2 Å². The van der Waals surface area contributed by atoms with Gasteiger partial charge in [0.25, 0.3) is 0 Å². The zero-order valence-electron chi connectivity index (χ0n) is 8.90. The molecule has 0 bridgehead atoms. The van der Waals surface area contributed by atoms with Crippen LogP contribution in [0.3, 0.4) is 0 Å². The molecular formula is C11H15ClN2O. The summed E-state index contributed by atoms with van der Waals surface area (Å²) < 4.78 is 0. The van der Waals surface area contributed by atoms with Crippen molar-refractivity contribution >= 4 is 17.5 Å². The van der Waals surface area contributed by atoms with Crippen molar-refractivity contribution in [2.24, 2.45) is 5.73 Å². The Hall–Kier alpha value is -1.06. The van der Waals surface area contributed by atoms with Crippen LogP contribution in [0.15, 0.2) is 24.3 Å². The normalized spacial score (nSPS) is 12.3. The van der Waals surface area contributed by atoms with Crippen molar-refractivity contribution in [3.05, 3.63) is 34.9 Å². The quantitative estimate of drug-likeness (QED) is 0.855. The molecule has 1 amide bonds. The Morgan fingerprint density at radius 2 is 2.07 bits per heavy atom. The van der Waals surface area contributed by atoms with Crippen molar-refractivity contribution in [3.63, 3.8) is 0 Å². The maximum absolute atomic E-state index is 11.4. The maximum atomic E-state index is 11.4. The van der Waals surface area contributed by atoms with Gasteiger partial charge < -0.3 is 10.6 Å². The summed E-state index contributed by atoms with van der Waals surface area (Å²) >= 11 is 5.98. The first kappa shape index (κ1) is 12.0. The molecule has 1 aromatic carbocycles. The Labute approximate surface area is 94.8 Å². The number of hydrogen-bond donors (Lipinski definition) is 1. The van der Waals surface area contributed by atoms with Crippen molar-refractivity contribution in [3.8, 4) is 0 Å². The molecular weight excluding hydrogens is 212 g/mol. The van der Waals surface area contributed by atoms with Crippen LogP contribution in [0.1, 0.15) is 18.0 Å². The number of hydrogen-bond acceptors (Lipinski definition) is 2. The van der Waals surface area contributed by atoms with E-state index < -0.39 is 0 Å². The smallest absolute Gasteiger partial charge is 0.223 e. The van der Waals surface area contributed by atoms with Gasteiger partial charge in [-0.1, -0.05) is 29.8 Å². The summed E-state index contributed by atoms with van der Waals surface area (Å²) in [6, 6.07) is 6.98. The lowest BCUT2D eigenvalue weighted by Crippen LogP contribution is -2.26. The van der Waals surface area contributed by atoms with Gasteiger partial charge in [0, 0.05) is 31.6 Å². The minimum atomic E-state index is -0.339. The second-order valence-electron chi connectivity index (χ2n) is 3.62. The van der Waals surface area contributed by atoms with Crippen molar-refractivity contribution in [1.82, 2.24) is 4.90 Å². The molecule has 0 spiro atoms. The van der Waals surface area contributed by atoms with Crippen molar-refractivity contribution < 1.29 is 4.79 Å². The number of halogens is 1. The van der Waals surface area contributed by atoms with Crippen LogP contribution < -0.4 is 5.73 Å². The molecule has 0 saturated carbocycles. The lowest BCUT2D eigenvalue weighted by Gasteiger charge is -2.16. The van der Waals surface area contributed by atoms with E-state index in [1.165, 1.54) is 4.90 Å². The fraction of sp³-hybridized carbons (Fsp3) is 0.364. The lowest BCUT2D eigenvalue weighted by atomic mass is 10.0. The molecule has 3 nitrogen and oxygen atoms in total. The van der Waals surface area contributed by atoms with Crippen LogP contribution in [0.25, 0.3) is 0 Å². The third-order valence-corrected chi connectivity index (χ3v) is 2.54. The van der Waals surface area contributed by atoms with E-state index in [0.29, 0.717) is 5.02 Å². The van der Waals surface area contributed by atoms with Gasteiger partial charge in [0.05, 0.1) is 0 Å². The largest absolute Gasteiger partial charge is 0.349 e. The zero-order chi connectivity index (χ0) is 11.4. The van der Waals surface area contributed by atoms with Crippen molar-refractivity contribution in [1.29, 1.82) is 0 Å². The third-order valence-electron chi connectivity index (χ3n) is 2.20. The Morgan fingerprint density at radius 3 is 2.60 bits per heavy atom. The Bertz CT molecular complexity index is 352. The van der Waals surface area contributed by atoms with Crippen LogP contribution >= 0.6 is 11.6 Å². The Kier molecular flexibility index (Phi) is 4.12. The predicted octanol–water partition coefficient (Wildman–Crippen LogP) is 1.82. The topological polar surface area (TPSA) is 46.3 Å². The van der Waals surface area contributed by atoms with E-state index in [9.17, 15) is 4.79 Å². The SMILES string of the molecule is CN(C)C(=O)CC(N)c1ccccc1Cl. The first-order valence-electron chi connectivity index (χ1n) is 4.72. The van der Waals surface area contributed by atoms with Gasteiger partial charge in [-0.15, -0.1) is 0 Å². The molecule has 1 rings (SSSR count). The van der Waals surface area contributed by atoms with Crippen LogP contribution in [-0.4, -0.2) is 24.9 Å². The summed E-state index contributed by atoms with van der Waals surface area (Å²) in [4.78, 5) is 13.0. The van der Waals surface area contributed by atoms with Gasteiger partial charge >= 0.3 is 0 Å². The molecule has 0 saturated heterocycles. The van der Waals surface area contributed by atoms with Crippen LogP contribution in [0.2, 0.25) is 5.02 Å². The summed E-state index contributed by atoms with van der Waals surface area (Å²) in [6.07, 6.45) is 0.275. The number of carbonyl (C=O) groups excluding carboxylic acids is 1. The third kappa shape index (κ3) is 3.22. The van der Waals surface area contributed by atoms with Gasteiger partial charge in [0.2, 0.25) is 5.91 Å². The van der Waals surface area contributed by atoms with E-state index in [1.807, 2.05) is 18.2 Å². The zero-order valence-corrected chi connectivity index (χ0v) is 9.66. The van der Waals surface area contributed by atoms with Crippen LogP contribution in [0.4, 0.5) is 0 Å². The van der Waals surface area contributed by atoms with E-state index in [2.05, 4.69) is 0 Å². The summed E-state index contributed by atoms with van der Waals surface area (Å²) in [5.74, 6) is 0.00224. The number of nitrogens with two attached hydrogens (primary N) is 1. The number of carbonyl (C=O) groups is 1. The summed E-state index contributed by atoms with van der Waals surface area (Å²) in [5, 5.41) is 0.608. The fourth-order valence-electron chi connectivity index (χ4n) is 1.26. The highest BCUT2D eigenvalue weighted by atomic mass is 35.5. The monoisotopic (exact) mass is 226 g/mol. The molecule has 0 radical (unpaired) electrons. The molecule has 0 heterocycles. The van der Waals surface area contributed by atoms with E-state index >= 15 is 0 Å². The first-order chi connectivity index (χ1) is 7.02. The second kappa shape index (κ2) is 5.14. The summed E-state index contributed by atoms with van der Waals surface area (Å²) in [6.45, 7) is 0. The maximum Gasteiger partial charge on any atom is 0.223 e. The Morgan fingerprint density at radius 1 is 1.47 bits per heavy atom. The van der Waals surface area contributed by atoms with E-state index in [0.717, 1.165) is 5.56 Å². The number of amides is 1. The molecule has 4 heteroatoms. The fourth-order valence-corrected chi connectivity index (χ4v) is 1.53. The van der Waals surface area contributed by atoms with Gasteiger partial charge in [-0.3, -0.25) is 4.79 Å². The standard InChI is InChI=1S/C11H15ClN2O/c1-14(2)11(15)7-10(13)8-5-3-4-6-9(8)12/h3-6,10H,7,13H2,1-2H3. The molecule has 1 unspecified atom stereocenters. The number of benzene rings is 1. The van der Waals surface area contributed by atoms with Gasteiger partial charge in [-0.2, -0.15) is 0 Å². The predicted molar refractivity (Wildman–Crippen MR) is 61.7 cm³/mol. The molecule has 0 fully saturated rings. The highest BCUT2D eigenvalue weighted by Crippen LogP contribution is 2.23. The molecule has 2 N–H and O–H groups in total. The number of rotatable bonds is 3. The molecule has 1 aromatic rings. The summed E-state index contributed by atoms with van der Waals surface area (Å²) in [5.41, 5.74) is 6.72. The first-order valence-corrected chi connectivity index (χ1v) is 5.10. The van der Waals surface area contributed by atoms with E-state index in [-0.39, 0.29) is 18.4 Å². The van der Waals surface area contributed by atoms with Gasteiger partial charge in [-0.25, -0.2) is 0 Å². The molecule has 0 aliphatic carbocycles. The van der Waals surface area contributed by atoms with Gasteiger partial charge in [-0.05, 0) is 11.6 Å². The molecule has 82 valence electrons. The van der Waals surface area contributed by atoms with Crippen LogP contribution in [0, 0.1) is 0 Å². The van der Waals surface area contributed by atoms with Crippen LogP contribution in [0.5, 0.6) is 0 Å². The Balaban J connectivity index is 2.73. The average Bonchev–Trinajstić information content (AvgIpc) is 2.18. The second-order valence-corrected chi connectivity index (χ2v) is 4.03. The van der Waals surface area contributed by atoms with E-state index in [4.69, 9.17) is 17.3 Å². The molecule has 0 aromatic heterocycles.